The third-order valence-corrected chi connectivity index (χ3v) is 4.43. The number of methoxy groups -OCH3 is 2. The van der Waals surface area contributed by atoms with Crippen molar-refractivity contribution >= 4 is 0 Å². The average Bonchev–Trinajstić information content (AvgIpc) is 2.74. The number of nitrogens with one attached hydrogen (secondary N) is 1. The molecule has 4 heteroatoms. The average molecular weight is 377 g/mol. The first kappa shape index (κ1) is 19.9. The summed E-state index contributed by atoms with van der Waals surface area (Å²) in [4.78, 5) is 0. The Hall–Kier alpha value is -2.82. The van der Waals surface area contributed by atoms with E-state index in [9.17, 15) is 0 Å². The summed E-state index contributed by atoms with van der Waals surface area (Å²) < 4.78 is 16.6. The van der Waals surface area contributed by atoms with E-state index in [4.69, 9.17) is 14.2 Å². The molecular formula is C24H27NO3. The Balaban J connectivity index is 1.58. The van der Waals surface area contributed by atoms with E-state index in [1.807, 2.05) is 30.3 Å². The highest BCUT2D eigenvalue weighted by Gasteiger charge is 2.07. The molecule has 3 aromatic rings. The van der Waals surface area contributed by atoms with Gasteiger partial charge in [0.2, 0.25) is 0 Å². The van der Waals surface area contributed by atoms with Gasteiger partial charge in [0.05, 0.1) is 13.7 Å². The second-order valence-electron chi connectivity index (χ2n) is 6.62. The van der Waals surface area contributed by atoms with E-state index in [1.54, 1.807) is 14.2 Å². The van der Waals surface area contributed by atoms with E-state index in [2.05, 4.69) is 47.8 Å². The summed E-state index contributed by atoms with van der Waals surface area (Å²) in [6.07, 6.45) is 0. The van der Waals surface area contributed by atoms with Gasteiger partial charge in [0.1, 0.15) is 6.61 Å². The molecular weight excluding hydrogens is 350 g/mol. The van der Waals surface area contributed by atoms with Crippen molar-refractivity contribution in [2.24, 2.45) is 0 Å². The van der Waals surface area contributed by atoms with Gasteiger partial charge in [-0.25, -0.2) is 0 Å². The SMILES string of the molecule is COCc1cccc(CNCc2ccc(OC)c(OCc3ccccc3)c2)c1. The first-order valence-electron chi connectivity index (χ1n) is 9.39. The highest BCUT2D eigenvalue weighted by atomic mass is 16.5. The maximum absolute atomic E-state index is 6.00. The van der Waals surface area contributed by atoms with Crippen LogP contribution in [0.4, 0.5) is 0 Å². The quantitative estimate of drug-likeness (QED) is 0.555. The zero-order valence-electron chi connectivity index (χ0n) is 16.5. The van der Waals surface area contributed by atoms with Crippen LogP contribution in [0.25, 0.3) is 0 Å². The Kier molecular flexibility index (Phi) is 7.47. The molecule has 0 radical (unpaired) electrons. The summed E-state index contributed by atoms with van der Waals surface area (Å²) in [6, 6.07) is 24.6. The fraction of sp³-hybridized carbons (Fsp3) is 0.250. The van der Waals surface area contributed by atoms with Gasteiger partial charge in [-0.2, -0.15) is 0 Å². The lowest BCUT2D eigenvalue weighted by Gasteiger charge is -2.13. The lowest BCUT2D eigenvalue weighted by molar-refractivity contribution is 0.185. The Morgan fingerprint density at radius 2 is 1.36 bits per heavy atom. The van der Waals surface area contributed by atoms with Crippen LogP contribution in [-0.2, 0) is 31.0 Å². The van der Waals surface area contributed by atoms with Gasteiger partial charge in [0.25, 0.3) is 0 Å². The van der Waals surface area contributed by atoms with Crippen molar-refractivity contribution in [2.45, 2.75) is 26.3 Å². The van der Waals surface area contributed by atoms with Crippen LogP contribution in [0.15, 0.2) is 72.8 Å². The van der Waals surface area contributed by atoms with Crippen LogP contribution in [0, 0.1) is 0 Å². The highest BCUT2D eigenvalue weighted by molar-refractivity contribution is 5.43. The summed E-state index contributed by atoms with van der Waals surface area (Å²) in [7, 11) is 3.38. The molecule has 0 aliphatic carbocycles. The minimum Gasteiger partial charge on any atom is -0.493 e. The van der Waals surface area contributed by atoms with E-state index in [0.29, 0.717) is 13.2 Å². The second kappa shape index (κ2) is 10.5. The third-order valence-electron chi connectivity index (χ3n) is 4.43. The molecule has 0 bridgehead atoms. The first-order valence-corrected chi connectivity index (χ1v) is 9.39. The van der Waals surface area contributed by atoms with Crippen LogP contribution < -0.4 is 14.8 Å². The minimum atomic E-state index is 0.514. The molecule has 3 rings (SSSR count). The number of hydrogen-bond acceptors (Lipinski definition) is 4. The van der Waals surface area contributed by atoms with E-state index in [0.717, 1.165) is 35.7 Å². The molecule has 3 aromatic carbocycles. The smallest absolute Gasteiger partial charge is 0.161 e. The number of rotatable bonds is 10. The highest BCUT2D eigenvalue weighted by Crippen LogP contribution is 2.29. The van der Waals surface area contributed by atoms with Crippen LogP contribution in [0.2, 0.25) is 0 Å². The van der Waals surface area contributed by atoms with Crippen molar-refractivity contribution < 1.29 is 14.2 Å². The van der Waals surface area contributed by atoms with Gasteiger partial charge in [0.15, 0.2) is 11.5 Å². The van der Waals surface area contributed by atoms with Gasteiger partial charge in [0, 0.05) is 20.2 Å². The maximum Gasteiger partial charge on any atom is 0.161 e. The summed E-state index contributed by atoms with van der Waals surface area (Å²) >= 11 is 0. The van der Waals surface area contributed by atoms with Crippen molar-refractivity contribution in [2.75, 3.05) is 14.2 Å². The number of ether oxygens (including phenoxy) is 3. The van der Waals surface area contributed by atoms with E-state index >= 15 is 0 Å². The normalized spacial score (nSPS) is 10.6. The van der Waals surface area contributed by atoms with Crippen LogP contribution in [0.1, 0.15) is 22.3 Å². The number of benzene rings is 3. The molecule has 28 heavy (non-hydrogen) atoms. The van der Waals surface area contributed by atoms with Crippen molar-refractivity contribution in [1.29, 1.82) is 0 Å². The number of hydrogen-bond donors (Lipinski definition) is 1. The second-order valence-corrected chi connectivity index (χ2v) is 6.62. The predicted octanol–water partition coefficient (Wildman–Crippen LogP) is 4.71. The van der Waals surface area contributed by atoms with Gasteiger partial charge in [-0.3, -0.25) is 0 Å². The lowest BCUT2D eigenvalue weighted by Crippen LogP contribution is -2.13. The van der Waals surface area contributed by atoms with E-state index in [1.165, 1.54) is 11.1 Å². The Bertz CT molecular complexity index is 865. The molecule has 0 aliphatic rings. The van der Waals surface area contributed by atoms with E-state index in [-0.39, 0.29) is 0 Å². The molecule has 0 heterocycles. The predicted molar refractivity (Wildman–Crippen MR) is 111 cm³/mol. The van der Waals surface area contributed by atoms with Crippen molar-refractivity contribution in [3.8, 4) is 11.5 Å². The molecule has 0 fully saturated rings. The van der Waals surface area contributed by atoms with Gasteiger partial charge in [-0.05, 0) is 34.4 Å². The van der Waals surface area contributed by atoms with Gasteiger partial charge < -0.3 is 19.5 Å². The van der Waals surface area contributed by atoms with E-state index < -0.39 is 0 Å². The van der Waals surface area contributed by atoms with Crippen LogP contribution >= 0.6 is 0 Å². The summed E-state index contributed by atoms with van der Waals surface area (Å²) in [5, 5.41) is 3.49. The molecule has 0 unspecified atom stereocenters. The Labute approximate surface area is 167 Å². The first-order chi connectivity index (χ1) is 13.8. The molecule has 0 amide bonds. The fourth-order valence-corrected chi connectivity index (χ4v) is 3.03. The van der Waals surface area contributed by atoms with Crippen LogP contribution in [0.3, 0.4) is 0 Å². The molecule has 0 spiro atoms. The third kappa shape index (κ3) is 5.84. The molecule has 0 saturated heterocycles. The molecule has 0 aromatic heterocycles. The summed E-state index contributed by atoms with van der Waals surface area (Å²) in [5.41, 5.74) is 4.70. The lowest BCUT2D eigenvalue weighted by atomic mass is 10.1. The topological polar surface area (TPSA) is 39.7 Å². The van der Waals surface area contributed by atoms with Gasteiger partial charge in [-0.1, -0.05) is 60.7 Å². The Morgan fingerprint density at radius 1 is 0.643 bits per heavy atom. The largest absolute Gasteiger partial charge is 0.493 e. The molecule has 0 aliphatic heterocycles. The zero-order valence-corrected chi connectivity index (χ0v) is 16.5. The van der Waals surface area contributed by atoms with Crippen molar-refractivity contribution in [3.63, 3.8) is 0 Å². The van der Waals surface area contributed by atoms with Gasteiger partial charge >= 0.3 is 0 Å². The van der Waals surface area contributed by atoms with Crippen LogP contribution in [0.5, 0.6) is 11.5 Å². The molecule has 146 valence electrons. The Morgan fingerprint density at radius 3 is 2.11 bits per heavy atom. The van der Waals surface area contributed by atoms with Crippen molar-refractivity contribution in [3.05, 3.63) is 95.1 Å². The molecule has 4 nitrogen and oxygen atoms in total. The molecule has 0 atom stereocenters. The monoisotopic (exact) mass is 377 g/mol. The molecule has 0 saturated carbocycles. The summed E-state index contributed by atoms with van der Waals surface area (Å²) in [6.45, 7) is 2.69. The van der Waals surface area contributed by atoms with Crippen molar-refractivity contribution in [1.82, 2.24) is 5.32 Å². The maximum atomic E-state index is 6.00. The summed E-state index contributed by atoms with van der Waals surface area (Å²) in [5.74, 6) is 1.50. The molecule has 1 N–H and O–H groups in total. The zero-order chi connectivity index (χ0) is 19.6. The fourth-order valence-electron chi connectivity index (χ4n) is 3.03. The standard InChI is InChI=1S/C24H27NO3/c1-26-17-22-10-6-9-20(13-22)15-25-16-21-11-12-23(27-2)24(14-21)28-18-19-7-4-3-5-8-19/h3-14,25H,15-18H2,1-2H3. The van der Waals surface area contributed by atoms with Crippen LogP contribution in [-0.4, -0.2) is 14.2 Å². The van der Waals surface area contributed by atoms with Gasteiger partial charge in [-0.15, -0.1) is 0 Å². The minimum absolute atomic E-state index is 0.514.